The number of nitrogens with zero attached hydrogens (tertiary/aromatic N) is 1. The smallest absolute Gasteiger partial charge is 0.166 e. The molecule has 0 bridgehead atoms. The van der Waals surface area contributed by atoms with Gasteiger partial charge in [0.05, 0.1) is 21.3 Å². The van der Waals surface area contributed by atoms with Crippen LogP contribution in [0.25, 0.3) is 11.1 Å². The van der Waals surface area contributed by atoms with Crippen molar-refractivity contribution in [3.05, 3.63) is 47.5 Å². The molecule has 1 heterocycles. The number of methoxy groups -OCH3 is 3. The molecule has 0 aromatic heterocycles. The Bertz CT molecular complexity index is 906. The summed E-state index contributed by atoms with van der Waals surface area (Å²) in [7, 11) is 4.86. The van der Waals surface area contributed by atoms with Gasteiger partial charge in [0, 0.05) is 24.7 Å². The molecule has 0 fully saturated rings. The van der Waals surface area contributed by atoms with Crippen LogP contribution < -0.4 is 14.2 Å². The van der Waals surface area contributed by atoms with Crippen LogP contribution in [0, 0.1) is 0 Å². The van der Waals surface area contributed by atoms with E-state index < -0.39 is 0 Å². The van der Waals surface area contributed by atoms with E-state index in [1.165, 1.54) is 11.1 Å². The highest BCUT2D eigenvalue weighted by molar-refractivity contribution is 5.84. The van der Waals surface area contributed by atoms with Crippen LogP contribution in [-0.4, -0.2) is 44.4 Å². The fourth-order valence-electron chi connectivity index (χ4n) is 4.48. The monoisotopic (exact) mass is 367 g/mol. The van der Waals surface area contributed by atoms with Crippen molar-refractivity contribution in [2.75, 3.05) is 34.4 Å². The maximum absolute atomic E-state index is 11.0. The predicted molar refractivity (Wildman–Crippen MR) is 105 cm³/mol. The molecule has 0 saturated carbocycles. The van der Waals surface area contributed by atoms with Crippen LogP contribution in [0.3, 0.4) is 0 Å². The third-order valence-electron chi connectivity index (χ3n) is 5.71. The number of phenolic OH excluding ortho intramolecular Hbond substituents is 1. The van der Waals surface area contributed by atoms with Gasteiger partial charge in [-0.05, 0) is 53.3 Å². The summed E-state index contributed by atoms with van der Waals surface area (Å²) in [4.78, 5) is 2.42. The molecule has 5 heteroatoms. The van der Waals surface area contributed by atoms with Crippen LogP contribution in [0.5, 0.6) is 23.0 Å². The highest BCUT2D eigenvalue weighted by Crippen LogP contribution is 2.53. The van der Waals surface area contributed by atoms with E-state index in [0.29, 0.717) is 17.2 Å². The molecule has 1 aliphatic carbocycles. The number of benzene rings is 2. The molecule has 1 atom stereocenters. The molecular weight excluding hydrogens is 342 g/mol. The highest BCUT2D eigenvalue weighted by Gasteiger charge is 2.37. The number of hydrogen-bond donors (Lipinski definition) is 1. The maximum Gasteiger partial charge on any atom is 0.166 e. The third kappa shape index (κ3) is 2.65. The largest absolute Gasteiger partial charge is 0.504 e. The van der Waals surface area contributed by atoms with Gasteiger partial charge in [0.25, 0.3) is 0 Å². The van der Waals surface area contributed by atoms with Gasteiger partial charge in [-0.2, -0.15) is 0 Å². The standard InChI is InChI=1S/C22H25NO4/c1-5-7-23-8-6-13-10-19(27-4)22(24)21-15-12-18(26-3)17(25-2)11-14(15)9-16(23)20(13)21/h5,10-12,16,24H,1,6-9H2,2-4H3. The quantitative estimate of drug-likeness (QED) is 0.816. The molecule has 2 aromatic rings. The second-order valence-electron chi connectivity index (χ2n) is 6.99. The fraction of sp³-hybridized carbons (Fsp3) is 0.364. The number of rotatable bonds is 5. The zero-order valence-corrected chi connectivity index (χ0v) is 16.0. The van der Waals surface area contributed by atoms with Crippen molar-refractivity contribution >= 4 is 0 Å². The predicted octanol–water partition coefficient (Wildman–Crippen LogP) is 3.73. The number of fused-ring (bicyclic) bond motifs is 2. The number of ether oxygens (including phenoxy) is 3. The van der Waals surface area contributed by atoms with Gasteiger partial charge in [0.1, 0.15) is 0 Å². The number of phenols is 1. The summed E-state index contributed by atoms with van der Waals surface area (Å²) in [5, 5.41) is 11.0. The minimum absolute atomic E-state index is 0.190. The lowest BCUT2D eigenvalue weighted by molar-refractivity contribution is 0.202. The first-order valence-electron chi connectivity index (χ1n) is 9.15. The van der Waals surface area contributed by atoms with Crippen molar-refractivity contribution in [2.24, 2.45) is 0 Å². The van der Waals surface area contributed by atoms with Crippen LogP contribution in [0.2, 0.25) is 0 Å². The molecule has 1 unspecified atom stereocenters. The Morgan fingerprint density at radius 1 is 1.07 bits per heavy atom. The second kappa shape index (κ2) is 6.82. The molecule has 27 heavy (non-hydrogen) atoms. The summed E-state index contributed by atoms with van der Waals surface area (Å²) in [6.07, 6.45) is 3.72. The molecule has 0 saturated heterocycles. The van der Waals surface area contributed by atoms with Gasteiger partial charge >= 0.3 is 0 Å². The Morgan fingerprint density at radius 2 is 1.74 bits per heavy atom. The van der Waals surface area contributed by atoms with Gasteiger partial charge in [-0.25, -0.2) is 0 Å². The Kier molecular flexibility index (Phi) is 4.48. The molecule has 142 valence electrons. The fourth-order valence-corrected chi connectivity index (χ4v) is 4.48. The maximum atomic E-state index is 11.0. The summed E-state index contributed by atoms with van der Waals surface area (Å²) < 4.78 is 16.5. The molecule has 0 spiro atoms. The summed E-state index contributed by atoms with van der Waals surface area (Å²) in [6, 6.07) is 6.17. The third-order valence-corrected chi connectivity index (χ3v) is 5.71. The van der Waals surface area contributed by atoms with E-state index in [1.807, 2.05) is 24.3 Å². The number of hydrogen-bond acceptors (Lipinski definition) is 5. The minimum Gasteiger partial charge on any atom is -0.504 e. The Morgan fingerprint density at radius 3 is 2.41 bits per heavy atom. The van der Waals surface area contributed by atoms with Crippen molar-refractivity contribution in [2.45, 2.75) is 18.9 Å². The van der Waals surface area contributed by atoms with E-state index in [0.717, 1.165) is 42.6 Å². The zero-order valence-electron chi connectivity index (χ0n) is 16.0. The molecule has 4 rings (SSSR count). The lowest BCUT2D eigenvalue weighted by Crippen LogP contribution is -2.38. The van der Waals surface area contributed by atoms with Crippen molar-refractivity contribution in [1.29, 1.82) is 0 Å². The second-order valence-corrected chi connectivity index (χ2v) is 6.99. The summed E-state index contributed by atoms with van der Waals surface area (Å²) in [6.45, 7) is 5.69. The molecule has 2 aromatic carbocycles. The van der Waals surface area contributed by atoms with Gasteiger partial charge < -0.3 is 19.3 Å². The van der Waals surface area contributed by atoms with Gasteiger partial charge in [-0.15, -0.1) is 6.58 Å². The zero-order chi connectivity index (χ0) is 19.1. The summed E-state index contributed by atoms with van der Waals surface area (Å²) >= 11 is 0. The normalized spacial score (nSPS) is 17.7. The summed E-state index contributed by atoms with van der Waals surface area (Å²) in [5.74, 6) is 2.06. The topological polar surface area (TPSA) is 51.2 Å². The minimum atomic E-state index is 0.190. The van der Waals surface area contributed by atoms with Crippen LogP contribution in [0.1, 0.15) is 22.7 Å². The van der Waals surface area contributed by atoms with Gasteiger partial charge in [-0.1, -0.05) is 6.08 Å². The van der Waals surface area contributed by atoms with Gasteiger partial charge in [0.15, 0.2) is 23.0 Å². The molecule has 1 aliphatic heterocycles. The van der Waals surface area contributed by atoms with E-state index in [4.69, 9.17) is 14.2 Å². The van der Waals surface area contributed by atoms with Crippen LogP contribution in [0.15, 0.2) is 30.9 Å². The van der Waals surface area contributed by atoms with E-state index in [1.54, 1.807) is 21.3 Å². The van der Waals surface area contributed by atoms with E-state index >= 15 is 0 Å². The Hall–Kier alpha value is -2.66. The Labute approximate surface area is 159 Å². The van der Waals surface area contributed by atoms with Crippen molar-refractivity contribution < 1.29 is 19.3 Å². The first-order valence-corrected chi connectivity index (χ1v) is 9.15. The van der Waals surface area contributed by atoms with Crippen molar-refractivity contribution in [3.8, 4) is 34.1 Å². The van der Waals surface area contributed by atoms with Crippen molar-refractivity contribution in [3.63, 3.8) is 0 Å². The van der Waals surface area contributed by atoms with Crippen LogP contribution in [-0.2, 0) is 12.8 Å². The van der Waals surface area contributed by atoms with E-state index in [2.05, 4.69) is 11.5 Å². The van der Waals surface area contributed by atoms with E-state index in [-0.39, 0.29) is 11.8 Å². The first kappa shape index (κ1) is 17.7. The molecule has 1 N–H and O–H groups in total. The molecule has 0 amide bonds. The molecular formula is C22H25NO4. The number of aromatic hydroxyl groups is 1. The lowest BCUT2D eigenvalue weighted by Gasteiger charge is -2.41. The molecule has 0 radical (unpaired) electrons. The van der Waals surface area contributed by atoms with Gasteiger partial charge in [0.2, 0.25) is 0 Å². The summed E-state index contributed by atoms with van der Waals surface area (Å²) in [5.41, 5.74) is 5.41. The van der Waals surface area contributed by atoms with Crippen LogP contribution >= 0.6 is 0 Å². The van der Waals surface area contributed by atoms with Crippen molar-refractivity contribution in [1.82, 2.24) is 4.90 Å². The average Bonchev–Trinajstić information content (AvgIpc) is 2.70. The SMILES string of the molecule is C=CCN1CCc2cc(OC)c(O)c3c2C1Cc1cc(OC)c(OC)cc1-3. The first-order chi connectivity index (χ1) is 13.1. The lowest BCUT2D eigenvalue weighted by atomic mass is 9.76. The highest BCUT2D eigenvalue weighted by atomic mass is 16.5. The molecule has 2 aliphatic rings. The van der Waals surface area contributed by atoms with Gasteiger partial charge in [-0.3, -0.25) is 4.90 Å². The van der Waals surface area contributed by atoms with Crippen LogP contribution in [0.4, 0.5) is 0 Å². The molecule has 5 nitrogen and oxygen atoms in total. The average molecular weight is 367 g/mol. The van der Waals surface area contributed by atoms with E-state index in [9.17, 15) is 5.11 Å². The Balaban J connectivity index is 2.01.